The van der Waals surface area contributed by atoms with Gasteiger partial charge in [0.1, 0.15) is 23.2 Å². The van der Waals surface area contributed by atoms with E-state index >= 15 is 0 Å². The summed E-state index contributed by atoms with van der Waals surface area (Å²) >= 11 is 0. The molecule has 0 amide bonds. The van der Waals surface area contributed by atoms with Crippen LogP contribution in [0.4, 0.5) is 5.82 Å². The highest BCUT2D eigenvalue weighted by Crippen LogP contribution is 2.33. The van der Waals surface area contributed by atoms with Crippen molar-refractivity contribution in [3.05, 3.63) is 35.3 Å². The predicted molar refractivity (Wildman–Crippen MR) is 89.4 cm³/mol. The molecule has 3 heterocycles. The number of hydrogen-bond acceptors (Lipinski definition) is 6. The van der Waals surface area contributed by atoms with E-state index in [1.807, 2.05) is 37.9 Å². The number of nitriles is 1. The van der Waals surface area contributed by atoms with Gasteiger partial charge in [-0.2, -0.15) is 5.26 Å². The van der Waals surface area contributed by atoms with Crippen molar-refractivity contribution in [2.24, 2.45) is 0 Å². The van der Waals surface area contributed by atoms with E-state index in [0.29, 0.717) is 30.0 Å². The molecule has 0 saturated carbocycles. The van der Waals surface area contributed by atoms with E-state index in [2.05, 4.69) is 21.4 Å². The molecule has 1 saturated heterocycles. The summed E-state index contributed by atoms with van der Waals surface area (Å²) in [6.45, 7) is 7.05. The quantitative estimate of drug-likeness (QED) is 0.926. The number of aryl methyl sites for hydroxylation is 1. The summed E-state index contributed by atoms with van der Waals surface area (Å²) in [5, 5.41) is 28.8. The normalized spacial score (nSPS) is 21.1. The van der Waals surface area contributed by atoms with Crippen LogP contribution in [-0.2, 0) is 5.60 Å². The Balaban J connectivity index is 1.91. The van der Waals surface area contributed by atoms with E-state index in [0.717, 1.165) is 18.7 Å². The van der Waals surface area contributed by atoms with Gasteiger partial charge in [0.2, 0.25) is 0 Å². The van der Waals surface area contributed by atoms with Crippen molar-refractivity contribution >= 4 is 5.82 Å². The van der Waals surface area contributed by atoms with Gasteiger partial charge in [-0.05, 0) is 45.7 Å². The minimum atomic E-state index is -1.08. The Morgan fingerprint density at radius 3 is 2.83 bits per heavy atom. The minimum absolute atomic E-state index is 0.193. The summed E-state index contributed by atoms with van der Waals surface area (Å²) in [6, 6.07) is 5.99. The first-order valence-electron chi connectivity index (χ1n) is 8.20. The monoisotopic (exact) mass is 326 g/mol. The number of nitrogens with zero attached hydrogens (tertiary/aromatic N) is 6. The predicted octanol–water partition coefficient (Wildman–Crippen LogP) is 1.92. The van der Waals surface area contributed by atoms with Crippen molar-refractivity contribution < 1.29 is 5.11 Å². The zero-order valence-corrected chi connectivity index (χ0v) is 14.3. The summed E-state index contributed by atoms with van der Waals surface area (Å²) in [5.74, 6) is 0.631. The van der Waals surface area contributed by atoms with E-state index in [1.165, 1.54) is 0 Å². The number of hydrogen-bond donors (Lipinski definition) is 1. The van der Waals surface area contributed by atoms with Crippen LogP contribution in [0.1, 0.15) is 49.7 Å². The molecule has 2 aromatic rings. The van der Waals surface area contributed by atoms with Crippen molar-refractivity contribution in [2.75, 3.05) is 18.0 Å². The molecule has 1 atom stereocenters. The Morgan fingerprint density at radius 2 is 2.17 bits per heavy atom. The van der Waals surface area contributed by atoms with Crippen LogP contribution in [0.25, 0.3) is 0 Å². The maximum absolute atomic E-state index is 11.1. The number of β-amino-alcohol motifs (C(OH)–C–C–N with tert-alkyl or cyclic N) is 1. The van der Waals surface area contributed by atoms with Gasteiger partial charge in [-0.1, -0.05) is 5.21 Å². The minimum Gasteiger partial charge on any atom is -0.382 e. The molecule has 0 bridgehead atoms. The fourth-order valence-corrected chi connectivity index (χ4v) is 3.04. The van der Waals surface area contributed by atoms with Crippen molar-refractivity contribution in [3.63, 3.8) is 0 Å². The smallest absolute Gasteiger partial charge is 0.146 e. The molecule has 7 heteroatoms. The van der Waals surface area contributed by atoms with Crippen LogP contribution in [-0.4, -0.2) is 38.2 Å². The van der Waals surface area contributed by atoms with Crippen LogP contribution >= 0.6 is 0 Å². The average Bonchev–Trinajstić information content (AvgIpc) is 3.06. The standard InChI is InChI=1S/C17H22N6O/c1-12(2)23-10-15(20-21-23)17(24)7-4-8-22(11-17)16-14(9-18)6-5-13(3)19-16/h5-6,10,12,24H,4,7-8,11H2,1-3H3/t17-/m1/s1. The molecule has 7 nitrogen and oxygen atoms in total. The fraction of sp³-hybridized carbons (Fsp3) is 0.529. The second-order valence-corrected chi connectivity index (χ2v) is 6.67. The Hall–Kier alpha value is -2.46. The summed E-state index contributed by atoms with van der Waals surface area (Å²) in [4.78, 5) is 6.49. The van der Waals surface area contributed by atoms with Gasteiger partial charge >= 0.3 is 0 Å². The molecule has 3 rings (SSSR count). The molecular formula is C17H22N6O. The molecular weight excluding hydrogens is 304 g/mol. The van der Waals surface area contributed by atoms with Crippen LogP contribution in [0.15, 0.2) is 18.3 Å². The van der Waals surface area contributed by atoms with Crippen LogP contribution in [0.2, 0.25) is 0 Å². The van der Waals surface area contributed by atoms with Crippen molar-refractivity contribution in [2.45, 2.75) is 45.3 Å². The Kier molecular flexibility index (Phi) is 4.24. The number of anilines is 1. The number of aliphatic hydroxyl groups is 1. The van der Waals surface area contributed by atoms with Crippen molar-refractivity contribution in [3.8, 4) is 6.07 Å². The number of piperidine rings is 1. The average molecular weight is 326 g/mol. The first-order chi connectivity index (χ1) is 11.4. The van der Waals surface area contributed by atoms with E-state index in [-0.39, 0.29) is 6.04 Å². The third-order valence-electron chi connectivity index (χ3n) is 4.42. The van der Waals surface area contributed by atoms with E-state index in [1.54, 1.807) is 10.7 Å². The molecule has 126 valence electrons. The van der Waals surface area contributed by atoms with Gasteiger partial charge in [0, 0.05) is 18.3 Å². The van der Waals surface area contributed by atoms with Gasteiger partial charge in [0.25, 0.3) is 0 Å². The zero-order chi connectivity index (χ0) is 17.3. The number of rotatable bonds is 3. The Morgan fingerprint density at radius 1 is 1.38 bits per heavy atom. The molecule has 0 aromatic carbocycles. The Labute approximate surface area is 141 Å². The van der Waals surface area contributed by atoms with Gasteiger partial charge in [-0.15, -0.1) is 5.10 Å². The van der Waals surface area contributed by atoms with Gasteiger partial charge in [-0.25, -0.2) is 9.67 Å². The molecule has 1 N–H and O–H groups in total. The van der Waals surface area contributed by atoms with E-state index in [9.17, 15) is 10.4 Å². The highest BCUT2D eigenvalue weighted by atomic mass is 16.3. The molecule has 1 aliphatic heterocycles. The lowest BCUT2D eigenvalue weighted by Crippen LogP contribution is -2.47. The number of aromatic nitrogens is 4. The third-order valence-corrected chi connectivity index (χ3v) is 4.42. The molecule has 24 heavy (non-hydrogen) atoms. The molecule has 1 aliphatic rings. The molecule has 0 radical (unpaired) electrons. The lowest BCUT2D eigenvalue weighted by Gasteiger charge is -2.39. The highest BCUT2D eigenvalue weighted by Gasteiger charge is 2.38. The van der Waals surface area contributed by atoms with Gasteiger partial charge in [0.05, 0.1) is 18.3 Å². The van der Waals surface area contributed by atoms with Crippen LogP contribution in [0.3, 0.4) is 0 Å². The number of pyridine rings is 1. The molecule has 0 spiro atoms. The first-order valence-corrected chi connectivity index (χ1v) is 8.20. The first kappa shape index (κ1) is 16.4. The van der Waals surface area contributed by atoms with Crippen LogP contribution in [0.5, 0.6) is 0 Å². The molecule has 2 aromatic heterocycles. The zero-order valence-electron chi connectivity index (χ0n) is 14.3. The van der Waals surface area contributed by atoms with Crippen LogP contribution in [0, 0.1) is 18.3 Å². The second-order valence-electron chi connectivity index (χ2n) is 6.67. The van der Waals surface area contributed by atoms with Crippen molar-refractivity contribution in [1.82, 2.24) is 20.0 Å². The van der Waals surface area contributed by atoms with E-state index in [4.69, 9.17) is 0 Å². The summed E-state index contributed by atoms with van der Waals surface area (Å²) in [5.41, 5.74) is 0.871. The molecule has 1 fully saturated rings. The summed E-state index contributed by atoms with van der Waals surface area (Å²) in [6.07, 6.45) is 3.22. The summed E-state index contributed by atoms with van der Waals surface area (Å²) in [7, 11) is 0. The summed E-state index contributed by atoms with van der Waals surface area (Å²) < 4.78 is 1.75. The van der Waals surface area contributed by atoms with Gasteiger partial charge in [0.15, 0.2) is 0 Å². The SMILES string of the molecule is Cc1ccc(C#N)c(N2CCC[C@](O)(c3cn(C(C)C)nn3)C2)n1. The molecule has 0 unspecified atom stereocenters. The maximum Gasteiger partial charge on any atom is 0.146 e. The van der Waals surface area contributed by atoms with Crippen LogP contribution < -0.4 is 4.90 Å². The highest BCUT2D eigenvalue weighted by molar-refractivity contribution is 5.55. The topological polar surface area (TPSA) is 90.9 Å². The van der Waals surface area contributed by atoms with Crippen molar-refractivity contribution in [1.29, 1.82) is 5.26 Å². The fourth-order valence-electron chi connectivity index (χ4n) is 3.04. The maximum atomic E-state index is 11.1. The lowest BCUT2D eigenvalue weighted by molar-refractivity contribution is 0.0174. The van der Waals surface area contributed by atoms with Gasteiger partial charge in [-0.3, -0.25) is 0 Å². The Bertz CT molecular complexity index is 778. The molecule has 0 aliphatic carbocycles. The van der Waals surface area contributed by atoms with Gasteiger partial charge < -0.3 is 10.0 Å². The lowest BCUT2D eigenvalue weighted by atomic mass is 9.90. The second kappa shape index (κ2) is 6.21. The third kappa shape index (κ3) is 2.97. The van der Waals surface area contributed by atoms with E-state index < -0.39 is 5.60 Å². The largest absolute Gasteiger partial charge is 0.382 e.